The zero-order valence-electron chi connectivity index (χ0n) is 18.2. The third-order valence-corrected chi connectivity index (χ3v) is 6.92. The maximum atomic E-state index is 6.66. The van der Waals surface area contributed by atoms with Gasteiger partial charge in [0.05, 0.1) is 12.8 Å². The highest BCUT2D eigenvalue weighted by Gasteiger charge is 2.40. The Hall–Kier alpha value is -3.71. The average Bonchev–Trinajstić information content (AvgIpc) is 3.35. The van der Waals surface area contributed by atoms with E-state index in [2.05, 4.69) is 64.1 Å². The summed E-state index contributed by atoms with van der Waals surface area (Å²) in [6, 6.07) is 24.7. The lowest BCUT2D eigenvalue weighted by molar-refractivity contribution is 0.223. The van der Waals surface area contributed by atoms with Gasteiger partial charge in [-0.25, -0.2) is 4.68 Å². The first-order chi connectivity index (χ1) is 16.3. The van der Waals surface area contributed by atoms with Crippen molar-refractivity contribution >= 4 is 23.4 Å². The molecule has 2 aliphatic rings. The summed E-state index contributed by atoms with van der Waals surface area (Å²) in [5.41, 5.74) is 5.34. The number of rotatable bonds is 4. The molecular weight excluding hydrogens is 432 g/mol. The molecule has 0 saturated carbocycles. The maximum Gasteiger partial charge on any atom is 0.226 e. The minimum absolute atomic E-state index is 0.178. The molecule has 2 unspecified atom stereocenters. The summed E-state index contributed by atoms with van der Waals surface area (Å²) in [5, 5.41) is 8.12. The number of para-hydroxylation sites is 1. The minimum Gasteiger partial charge on any atom is -0.497 e. The number of methoxy groups -OCH3 is 1. The summed E-state index contributed by atoms with van der Waals surface area (Å²) < 4.78 is 14.0. The average molecular weight is 455 g/mol. The van der Waals surface area contributed by atoms with Crippen LogP contribution in [0.3, 0.4) is 0 Å². The SMILES string of the molecule is COc1ccc(C2C3=C(Nc4ncnn42)c2ccccc2OC3c2ccc(SC)cc2)cc1. The smallest absolute Gasteiger partial charge is 0.226 e. The fourth-order valence-electron chi connectivity index (χ4n) is 4.58. The zero-order valence-corrected chi connectivity index (χ0v) is 19.0. The summed E-state index contributed by atoms with van der Waals surface area (Å²) in [7, 11) is 1.68. The van der Waals surface area contributed by atoms with Crippen molar-refractivity contribution in [2.24, 2.45) is 0 Å². The number of fused-ring (bicyclic) bond motifs is 3. The molecule has 3 aromatic carbocycles. The van der Waals surface area contributed by atoms with Crippen molar-refractivity contribution in [1.82, 2.24) is 14.8 Å². The monoisotopic (exact) mass is 454 g/mol. The number of ether oxygens (including phenoxy) is 2. The van der Waals surface area contributed by atoms with Crippen LogP contribution in [-0.4, -0.2) is 28.1 Å². The van der Waals surface area contributed by atoms with E-state index in [-0.39, 0.29) is 12.1 Å². The van der Waals surface area contributed by atoms with E-state index in [0.717, 1.165) is 39.5 Å². The van der Waals surface area contributed by atoms with Gasteiger partial charge in [-0.1, -0.05) is 36.4 Å². The number of benzene rings is 3. The number of nitrogens with zero attached hydrogens (tertiary/aromatic N) is 3. The fraction of sp³-hybridized carbons (Fsp3) is 0.154. The molecule has 4 aromatic rings. The molecule has 0 spiro atoms. The van der Waals surface area contributed by atoms with Gasteiger partial charge in [-0.15, -0.1) is 11.8 Å². The van der Waals surface area contributed by atoms with Crippen LogP contribution in [0.5, 0.6) is 11.5 Å². The first-order valence-corrected chi connectivity index (χ1v) is 11.9. The molecule has 164 valence electrons. The Labute approximate surface area is 196 Å². The molecule has 0 radical (unpaired) electrons. The van der Waals surface area contributed by atoms with E-state index in [9.17, 15) is 0 Å². The van der Waals surface area contributed by atoms with Gasteiger partial charge in [0.25, 0.3) is 0 Å². The highest BCUT2D eigenvalue weighted by molar-refractivity contribution is 7.98. The highest BCUT2D eigenvalue weighted by Crippen LogP contribution is 2.50. The molecule has 7 heteroatoms. The molecular formula is C26H22N4O2S. The molecule has 6 nitrogen and oxygen atoms in total. The molecule has 0 saturated heterocycles. The van der Waals surface area contributed by atoms with E-state index in [1.807, 2.05) is 35.0 Å². The van der Waals surface area contributed by atoms with E-state index < -0.39 is 0 Å². The van der Waals surface area contributed by atoms with Gasteiger partial charge in [0.2, 0.25) is 5.95 Å². The van der Waals surface area contributed by atoms with Gasteiger partial charge in [0, 0.05) is 16.0 Å². The van der Waals surface area contributed by atoms with E-state index in [1.54, 1.807) is 25.2 Å². The molecule has 0 aliphatic carbocycles. The summed E-state index contributed by atoms with van der Waals surface area (Å²) in [5.74, 6) is 2.38. The normalized spacial score (nSPS) is 18.5. The van der Waals surface area contributed by atoms with Crippen molar-refractivity contribution in [1.29, 1.82) is 0 Å². The van der Waals surface area contributed by atoms with Gasteiger partial charge in [0.1, 0.15) is 30.0 Å². The van der Waals surface area contributed by atoms with E-state index in [0.29, 0.717) is 5.95 Å². The van der Waals surface area contributed by atoms with Crippen LogP contribution in [0.15, 0.2) is 89.6 Å². The maximum absolute atomic E-state index is 6.66. The molecule has 0 fully saturated rings. The van der Waals surface area contributed by atoms with Crippen LogP contribution in [0.1, 0.15) is 28.8 Å². The van der Waals surface area contributed by atoms with Gasteiger partial charge >= 0.3 is 0 Å². The standard InChI is InChI=1S/C26H22N4O2S/c1-31-18-11-7-16(8-12-18)24-22-23(29-26-27-15-28-30(24)26)20-5-3-4-6-21(20)32-25(22)17-9-13-19(33-2)14-10-17/h3-15,24-25H,1-2H3,(H,27,28,29). The van der Waals surface area contributed by atoms with Gasteiger partial charge < -0.3 is 14.8 Å². The van der Waals surface area contributed by atoms with Crippen LogP contribution < -0.4 is 14.8 Å². The summed E-state index contributed by atoms with van der Waals surface area (Å²) in [4.78, 5) is 5.71. The number of anilines is 1. The second-order valence-corrected chi connectivity index (χ2v) is 8.81. The lowest BCUT2D eigenvalue weighted by Crippen LogP contribution is -2.32. The predicted octanol–water partition coefficient (Wildman–Crippen LogP) is 5.57. The molecule has 3 heterocycles. The van der Waals surface area contributed by atoms with Crippen LogP contribution in [-0.2, 0) is 0 Å². The molecule has 1 N–H and O–H groups in total. The van der Waals surface area contributed by atoms with Crippen molar-refractivity contribution < 1.29 is 9.47 Å². The second-order valence-electron chi connectivity index (χ2n) is 7.93. The van der Waals surface area contributed by atoms with E-state index in [1.165, 1.54) is 4.90 Å². The zero-order chi connectivity index (χ0) is 22.4. The molecule has 33 heavy (non-hydrogen) atoms. The van der Waals surface area contributed by atoms with Crippen LogP contribution >= 0.6 is 11.8 Å². The lowest BCUT2D eigenvalue weighted by Gasteiger charge is -2.39. The first-order valence-electron chi connectivity index (χ1n) is 10.7. The highest BCUT2D eigenvalue weighted by atomic mass is 32.2. The number of hydrogen-bond donors (Lipinski definition) is 1. The Bertz CT molecular complexity index is 1350. The number of aromatic nitrogens is 3. The van der Waals surface area contributed by atoms with E-state index >= 15 is 0 Å². The topological polar surface area (TPSA) is 61.2 Å². The van der Waals surface area contributed by atoms with Gasteiger partial charge in [-0.05, 0) is 53.8 Å². The van der Waals surface area contributed by atoms with Crippen LogP contribution in [0, 0.1) is 0 Å². The molecule has 0 amide bonds. The van der Waals surface area contributed by atoms with Crippen molar-refractivity contribution in [3.8, 4) is 11.5 Å². The number of thioether (sulfide) groups is 1. The van der Waals surface area contributed by atoms with Crippen molar-refractivity contribution in [3.05, 3.63) is 101 Å². The summed E-state index contributed by atoms with van der Waals surface area (Å²) in [6.07, 6.45) is 3.40. The molecule has 1 aromatic heterocycles. The summed E-state index contributed by atoms with van der Waals surface area (Å²) in [6.45, 7) is 0. The molecule has 2 aliphatic heterocycles. The minimum atomic E-state index is -0.275. The Morgan fingerprint density at radius 3 is 2.48 bits per heavy atom. The third-order valence-electron chi connectivity index (χ3n) is 6.17. The number of hydrogen-bond acceptors (Lipinski definition) is 6. The Morgan fingerprint density at radius 2 is 1.73 bits per heavy atom. The Balaban J connectivity index is 1.58. The van der Waals surface area contributed by atoms with Crippen molar-refractivity contribution in [3.63, 3.8) is 0 Å². The Kier molecular flexibility index (Phi) is 4.84. The third kappa shape index (κ3) is 3.27. The van der Waals surface area contributed by atoms with Crippen LogP contribution in [0.2, 0.25) is 0 Å². The lowest BCUT2D eigenvalue weighted by atomic mass is 9.84. The van der Waals surface area contributed by atoms with Crippen LogP contribution in [0.25, 0.3) is 5.70 Å². The van der Waals surface area contributed by atoms with Gasteiger partial charge in [-0.2, -0.15) is 10.1 Å². The molecule has 6 rings (SSSR count). The second kappa shape index (κ2) is 8.01. The predicted molar refractivity (Wildman–Crippen MR) is 130 cm³/mol. The quantitative estimate of drug-likeness (QED) is 0.407. The summed E-state index contributed by atoms with van der Waals surface area (Å²) >= 11 is 1.73. The van der Waals surface area contributed by atoms with Gasteiger partial charge in [0.15, 0.2) is 0 Å². The van der Waals surface area contributed by atoms with E-state index in [4.69, 9.17) is 9.47 Å². The van der Waals surface area contributed by atoms with Crippen LogP contribution in [0.4, 0.5) is 5.95 Å². The fourth-order valence-corrected chi connectivity index (χ4v) is 4.99. The largest absolute Gasteiger partial charge is 0.497 e. The first kappa shape index (κ1) is 19.9. The Morgan fingerprint density at radius 1 is 0.970 bits per heavy atom. The van der Waals surface area contributed by atoms with Crippen molar-refractivity contribution in [2.75, 3.05) is 18.7 Å². The molecule has 2 atom stereocenters. The number of nitrogens with one attached hydrogen (secondary N) is 1. The van der Waals surface area contributed by atoms with Crippen molar-refractivity contribution in [2.45, 2.75) is 17.0 Å². The molecule has 0 bridgehead atoms. The van der Waals surface area contributed by atoms with Gasteiger partial charge in [-0.3, -0.25) is 0 Å².